The molecule has 0 saturated carbocycles. The Kier molecular flexibility index (Phi) is 6.10. The third-order valence-corrected chi connectivity index (χ3v) is 4.63. The van der Waals surface area contributed by atoms with Gasteiger partial charge in [0.15, 0.2) is 21.5 Å². The molecule has 0 saturated heterocycles. The zero-order chi connectivity index (χ0) is 16.1. The van der Waals surface area contributed by atoms with Crippen LogP contribution in [0.25, 0.3) is 0 Å². The van der Waals surface area contributed by atoms with Gasteiger partial charge in [0.1, 0.15) is 0 Å². The number of nitrogens with one attached hydrogen (secondary N) is 2. The monoisotopic (exact) mass is 317 g/mol. The van der Waals surface area contributed by atoms with E-state index in [1.165, 1.54) is 6.20 Å². The molecule has 2 N–H and O–H groups in total. The van der Waals surface area contributed by atoms with Crippen LogP contribution in [0.1, 0.15) is 33.3 Å². The van der Waals surface area contributed by atoms with Gasteiger partial charge in [-0.3, -0.25) is 0 Å². The highest BCUT2D eigenvalue weighted by Gasteiger charge is 2.14. The predicted molar refractivity (Wildman–Crippen MR) is 83.6 cm³/mol. The van der Waals surface area contributed by atoms with Crippen LogP contribution in [0.2, 0.25) is 0 Å². The summed E-state index contributed by atoms with van der Waals surface area (Å²) in [5, 5.41) is 5.95. The van der Waals surface area contributed by atoms with Gasteiger partial charge in [-0.15, -0.1) is 0 Å². The maximum atomic E-state index is 14.2. The Morgan fingerprint density at radius 3 is 2.57 bits per heavy atom. The van der Waals surface area contributed by atoms with Crippen molar-refractivity contribution in [2.75, 3.05) is 23.4 Å². The maximum absolute atomic E-state index is 14.2. The maximum Gasteiger partial charge on any atom is 0.169 e. The molecule has 7 heteroatoms. The standard InChI is InChI=1S/C14H24FN3O2S/c1-5-21(19,20)9-8-17-13-12(15)11(6-7-16-13)10-18-14(2,3)4/h6-7,18H,5,8-10H2,1-4H3,(H,16,17). The first-order chi connectivity index (χ1) is 9.64. The molecule has 0 aliphatic rings. The Morgan fingerprint density at radius 2 is 2.00 bits per heavy atom. The van der Waals surface area contributed by atoms with Crippen LogP contribution in [0, 0.1) is 5.82 Å². The Hall–Kier alpha value is -1.21. The van der Waals surface area contributed by atoms with Gasteiger partial charge in [0.2, 0.25) is 0 Å². The molecule has 0 aliphatic carbocycles. The van der Waals surface area contributed by atoms with Crippen LogP contribution in [0.3, 0.4) is 0 Å². The molecule has 21 heavy (non-hydrogen) atoms. The fraction of sp³-hybridized carbons (Fsp3) is 0.643. The summed E-state index contributed by atoms with van der Waals surface area (Å²) >= 11 is 0. The lowest BCUT2D eigenvalue weighted by molar-refractivity contribution is 0.418. The van der Waals surface area contributed by atoms with Crippen molar-refractivity contribution < 1.29 is 12.8 Å². The van der Waals surface area contributed by atoms with Crippen LogP contribution >= 0.6 is 0 Å². The average molecular weight is 317 g/mol. The molecule has 0 atom stereocenters. The van der Waals surface area contributed by atoms with Crippen molar-refractivity contribution in [1.82, 2.24) is 10.3 Å². The quantitative estimate of drug-likeness (QED) is 0.804. The molecule has 0 bridgehead atoms. The van der Waals surface area contributed by atoms with Gasteiger partial charge in [-0.05, 0) is 26.8 Å². The highest BCUT2D eigenvalue weighted by molar-refractivity contribution is 7.91. The minimum absolute atomic E-state index is 0.0327. The molecule has 0 aromatic carbocycles. The second-order valence-corrected chi connectivity index (χ2v) is 8.37. The van der Waals surface area contributed by atoms with E-state index in [2.05, 4.69) is 15.6 Å². The van der Waals surface area contributed by atoms with Crippen molar-refractivity contribution in [3.05, 3.63) is 23.6 Å². The Bertz CT molecular complexity index is 568. The number of aromatic nitrogens is 1. The van der Waals surface area contributed by atoms with E-state index in [9.17, 15) is 12.8 Å². The number of halogens is 1. The molecule has 0 radical (unpaired) electrons. The molecular formula is C14H24FN3O2S. The van der Waals surface area contributed by atoms with Gasteiger partial charge in [-0.2, -0.15) is 0 Å². The highest BCUT2D eigenvalue weighted by atomic mass is 32.2. The number of hydrogen-bond acceptors (Lipinski definition) is 5. The average Bonchev–Trinajstić information content (AvgIpc) is 2.38. The molecule has 0 amide bonds. The second-order valence-electron chi connectivity index (χ2n) is 5.90. The number of sulfone groups is 1. The minimum atomic E-state index is -3.07. The summed E-state index contributed by atoms with van der Waals surface area (Å²) in [6, 6.07) is 1.61. The van der Waals surface area contributed by atoms with E-state index >= 15 is 0 Å². The van der Waals surface area contributed by atoms with Crippen molar-refractivity contribution in [3.63, 3.8) is 0 Å². The van der Waals surface area contributed by atoms with Crippen molar-refractivity contribution in [2.45, 2.75) is 39.8 Å². The van der Waals surface area contributed by atoms with Crippen molar-refractivity contribution >= 4 is 15.7 Å². The summed E-state index contributed by atoms with van der Waals surface area (Å²) < 4.78 is 37.0. The SMILES string of the molecule is CCS(=O)(=O)CCNc1nccc(CNC(C)(C)C)c1F. The first-order valence-corrected chi connectivity index (χ1v) is 8.79. The first-order valence-electron chi connectivity index (χ1n) is 6.97. The van der Waals surface area contributed by atoms with E-state index in [-0.39, 0.29) is 29.4 Å². The zero-order valence-corrected chi connectivity index (χ0v) is 13.8. The summed E-state index contributed by atoms with van der Waals surface area (Å²) in [5.41, 5.74) is 0.388. The fourth-order valence-electron chi connectivity index (χ4n) is 1.57. The normalized spacial score (nSPS) is 12.4. The van der Waals surface area contributed by atoms with Gasteiger partial charge in [-0.1, -0.05) is 6.92 Å². The smallest absolute Gasteiger partial charge is 0.169 e. The van der Waals surface area contributed by atoms with Gasteiger partial charge >= 0.3 is 0 Å². The van der Waals surface area contributed by atoms with E-state index in [4.69, 9.17) is 0 Å². The molecule has 1 rings (SSSR count). The van der Waals surface area contributed by atoms with Crippen LogP contribution in [-0.4, -0.2) is 37.0 Å². The lowest BCUT2D eigenvalue weighted by Crippen LogP contribution is -2.35. The van der Waals surface area contributed by atoms with E-state index in [0.717, 1.165) is 0 Å². The van der Waals surface area contributed by atoms with Crippen molar-refractivity contribution in [1.29, 1.82) is 0 Å². The first kappa shape index (κ1) is 17.8. The van der Waals surface area contributed by atoms with Crippen molar-refractivity contribution in [2.24, 2.45) is 0 Å². The number of hydrogen-bond donors (Lipinski definition) is 2. The Balaban J connectivity index is 2.68. The largest absolute Gasteiger partial charge is 0.367 e. The molecule has 120 valence electrons. The summed E-state index contributed by atoms with van der Waals surface area (Å²) in [5.74, 6) is -0.299. The van der Waals surface area contributed by atoms with Crippen LogP contribution in [0.4, 0.5) is 10.2 Å². The topological polar surface area (TPSA) is 71.1 Å². The van der Waals surface area contributed by atoms with E-state index in [1.807, 2.05) is 20.8 Å². The number of pyridine rings is 1. The molecule has 0 unspecified atom stereocenters. The molecule has 5 nitrogen and oxygen atoms in total. The van der Waals surface area contributed by atoms with Crippen LogP contribution in [-0.2, 0) is 16.4 Å². The van der Waals surface area contributed by atoms with Crippen LogP contribution in [0.15, 0.2) is 12.3 Å². The Labute approximate surface area is 126 Å². The van der Waals surface area contributed by atoms with Gasteiger partial charge in [-0.25, -0.2) is 17.8 Å². The number of anilines is 1. The molecule has 1 aromatic rings. The Morgan fingerprint density at radius 1 is 1.33 bits per heavy atom. The molecule has 1 heterocycles. The molecule has 0 spiro atoms. The summed E-state index contributed by atoms with van der Waals surface area (Å²) in [6.07, 6.45) is 1.51. The van der Waals surface area contributed by atoms with Crippen LogP contribution < -0.4 is 10.6 Å². The molecule has 0 aliphatic heterocycles. The van der Waals surface area contributed by atoms with E-state index in [0.29, 0.717) is 12.1 Å². The number of nitrogens with zero attached hydrogens (tertiary/aromatic N) is 1. The third-order valence-electron chi connectivity index (χ3n) is 2.92. The lowest BCUT2D eigenvalue weighted by Gasteiger charge is -2.21. The fourth-order valence-corrected chi connectivity index (χ4v) is 2.27. The predicted octanol–water partition coefficient (Wildman–Crippen LogP) is 1.96. The van der Waals surface area contributed by atoms with Gasteiger partial charge in [0, 0.05) is 36.1 Å². The molecular weight excluding hydrogens is 293 g/mol. The zero-order valence-electron chi connectivity index (χ0n) is 13.0. The van der Waals surface area contributed by atoms with Gasteiger partial charge in [0.25, 0.3) is 0 Å². The summed E-state index contributed by atoms with van der Waals surface area (Å²) in [6.45, 7) is 8.13. The molecule has 0 fully saturated rings. The van der Waals surface area contributed by atoms with Gasteiger partial charge < -0.3 is 10.6 Å². The second kappa shape index (κ2) is 7.17. The third kappa shape index (κ3) is 6.39. The minimum Gasteiger partial charge on any atom is -0.367 e. The van der Waals surface area contributed by atoms with E-state index < -0.39 is 15.7 Å². The highest BCUT2D eigenvalue weighted by Crippen LogP contribution is 2.15. The summed E-state index contributed by atoms with van der Waals surface area (Å²) in [4.78, 5) is 3.92. The van der Waals surface area contributed by atoms with Gasteiger partial charge in [0.05, 0.1) is 5.75 Å². The molecule has 1 aromatic heterocycles. The summed E-state index contributed by atoms with van der Waals surface area (Å²) in [7, 11) is -3.07. The van der Waals surface area contributed by atoms with Crippen LogP contribution in [0.5, 0.6) is 0 Å². The lowest BCUT2D eigenvalue weighted by atomic mass is 10.1. The number of rotatable bonds is 7. The van der Waals surface area contributed by atoms with E-state index in [1.54, 1.807) is 13.0 Å². The van der Waals surface area contributed by atoms with Crippen molar-refractivity contribution in [3.8, 4) is 0 Å².